The van der Waals surface area contributed by atoms with Crippen LogP contribution in [0.4, 0.5) is 0 Å². The number of carbonyl (C=O) groups excluding carboxylic acids is 1. The number of nitrogens with one attached hydrogen (secondary N) is 1. The van der Waals surface area contributed by atoms with E-state index in [4.69, 9.17) is 16.5 Å². The van der Waals surface area contributed by atoms with Gasteiger partial charge in [0.05, 0.1) is 0 Å². The Morgan fingerprint density at radius 1 is 1.89 bits per heavy atom. The summed E-state index contributed by atoms with van der Waals surface area (Å²) >= 11 is 5.19. The monoisotopic (exact) mass is 149 g/mol. The molecule has 0 radical (unpaired) electrons. The van der Waals surface area contributed by atoms with E-state index in [1.54, 1.807) is 0 Å². The van der Waals surface area contributed by atoms with Crippen molar-refractivity contribution in [3.63, 3.8) is 0 Å². The minimum atomic E-state index is -0.119. The summed E-state index contributed by atoms with van der Waals surface area (Å²) in [4.78, 5) is 12.9. The number of hydrogen-bond donors (Lipinski definition) is 1. The van der Waals surface area contributed by atoms with Crippen LogP contribution in [0.15, 0.2) is 0 Å². The van der Waals surface area contributed by atoms with Gasteiger partial charge in [-0.25, -0.2) is 4.84 Å². The van der Waals surface area contributed by atoms with Crippen LogP contribution in [0.25, 0.3) is 0 Å². The Labute approximate surface area is 58.4 Å². The zero-order chi connectivity index (χ0) is 6.69. The molecule has 52 valence electrons. The lowest BCUT2D eigenvalue weighted by molar-refractivity contribution is -0.141. The van der Waals surface area contributed by atoms with Crippen LogP contribution in [-0.2, 0) is 9.53 Å². The molecule has 0 aromatic carbocycles. The Morgan fingerprint density at radius 3 is 3.11 bits per heavy atom. The normalized spacial score (nSPS) is 26.3. The van der Waals surface area contributed by atoms with Crippen molar-refractivity contribution in [1.29, 1.82) is 0 Å². The third-order valence-corrected chi connectivity index (χ3v) is 1.43. The topological polar surface area (TPSA) is 38.3 Å². The lowest BCUT2D eigenvalue weighted by Crippen LogP contribution is -2.19. The van der Waals surface area contributed by atoms with Crippen molar-refractivity contribution in [3.05, 3.63) is 0 Å². The van der Waals surface area contributed by atoms with Crippen molar-refractivity contribution in [3.8, 4) is 0 Å². The number of cyclic esters (lactones) is 1. The Bertz CT molecular complexity index is 118. The molecule has 1 atom stereocenters. The standard InChI is InChI=1S/C5H8ClNO2/c6-7-3-4-1-2-5(8)9-4/h4,7H,1-3H2/t4-/m1/s1. The fourth-order valence-electron chi connectivity index (χ4n) is 0.812. The average molecular weight is 150 g/mol. The lowest BCUT2D eigenvalue weighted by Gasteiger charge is -2.04. The molecule has 1 rings (SSSR count). The maximum atomic E-state index is 10.4. The van der Waals surface area contributed by atoms with Crippen molar-refractivity contribution in [2.75, 3.05) is 6.54 Å². The summed E-state index contributed by atoms with van der Waals surface area (Å²) in [5.74, 6) is -0.119. The average Bonchev–Trinajstić information content (AvgIpc) is 2.17. The Hall–Kier alpha value is -0.280. The molecular formula is C5H8ClNO2. The van der Waals surface area contributed by atoms with Gasteiger partial charge in [0.2, 0.25) is 0 Å². The third kappa shape index (κ3) is 1.84. The van der Waals surface area contributed by atoms with Gasteiger partial charge in [0, 0.05) is 13.0 Å². The van der Waals surface area contributed by atoms with E-state index in [2.05, 4.69) is 4.84 Å². The summed E-state index contributed by atoms with van der Waals surface area (Å²) in [5, 5.41) is 0. The molecule has 0 aromatic rings. The number of rotatable bonds is 2. The van der Waals surface area contributed by atoms with Gasteiger partial charge in [-0.05, 0) is 18.2 Å². The van der Waals surface area contributed by atoms with Crippen molar-refractivity contribution < 1.29 is 9.53 Å². The fraction of sp³-hybridized carbons (Fsp3) is 0.800. The summed E-state index contributed by atoms with van der Waals surface area (Å²) in [5.41, 5.74) is 0. The molecule has 0 saturated carbocycles. The van der Waals surface area contributed by atoms with E-state index in [9.17, 15) is 4.79 Å². The zero-order valence-electron chi connectivity index (χ0n) is 4.89. The van der Waals surface area contributed by atoms with Crippen molar-refractivity contribution >= 4 is 17.7 Å². The first-order valence-corrected chi connectivity index (χ1v) is 3.23. The Balaban J connectivity index is 2.22. The highest BCUT2D eigenvalue weighted by atomic mass is 35.5. The van der Waals surface area contributed by atoms with Crippen LogP contribution in [0.3, 0.4) is 0 Å². The molecular weight excluding hydrogens is 142 g/mol. The molecule has 0 bridgehead atoms. The van der Waals surface area contributed by atoms with Gasteiger partial charge in [-0.2, -0.15) is 0 Å². The molecule has 1 fully saturated rings. The van der Waals surface area contributed by atoms with Gasteiger partial charge in [-0.1, -0.05) is 0 Å². The van der Waals surface area contributed by atoms with Gasteiger partial charge in [0.25, 0.3) is 0 Å². The summed E-state index contributed by atoms with van der Waals surface area (Å²) in [6.45, 7) is 0.549. The molecule has 1 saturated heterocycles. The first kappa shape index (κ1) is 6.83. The molecule has 9 heavy (non-hydrogen) atoms. The number of hydrogen-bond acceptors (Lipinski definition) is 3. The summed E-state index contributed by atoms with van der Waals surface area (Å²) in [6, 6.07) is 0. The van der Waals surface area contributed by atoms with Gasteiger partial charge >= 0.3 is 5.97 Å². The second-order valence-corrected chi connectivity index (χ2v) is 2.26. The third-order valence-electron chi connectivity index (χ3n) is 1.27. The van der Waals surface area contributed by atoms with Gasteiger partial charge in [0.1, 0.15) is 6.10 Å². The Kier molecular flexibility index (Phi) is 2.30. The van der Waals surface area contributed by atoms with Gasteiger partial charge in [-0.15, -0.1) is 0 Å². The van der Waals surface area contributed by atoms with E-state index < -0.39 is 0 Å². The van der Waals surface area contributed by atoms with Gasteiger partial charge in [-0.3, -0.25) is 4.79 Å². The minimum absolute atomic E-state index is 0.00463. The molecule has 0 amide bonds. The van der Waals surface area contributed by atoms with Crippen molar-refractivity contribution in [1.82, 2.24) is 4.84 Å². The molecule has 0 unspecified atom stereocenters. The molecule has 3 nitrogen and oxygen atoms in total. The van der Waals surface area contributed by atoms with Gasteiger partial charge < -0.3 is 4.74 Å². The lowest BCUT2D eigenvalue weighted by atomic mass is 10.2. The highest BCUT2D eigenvalue weighted by Crippen LogP contribution is 2.12. The number of ether oxygens (including phenoxy) is 1. The Morgan fingerprint density at radius 2 is 2.67 bits per heavy atom. The molecule has 1 aliphatic heterocycles. The maximum Gasteiger partial charge on any atom is 0.306 e. The zero-order valence-corrected chi connectivity index (χ0v) is 5.65. The largest absolute Gasteiger partial charge is 0.461 e. The van der Waals surface area contributed by atoms with Crippen LogP contribution in [0.1, 0.15) is 12.8 Å². The van der Waals surface area contributed by atoms with E-state index in [1.807, 2.05) is 0 Å². The highest BCUT2D eigenvalue weighted by Gasteiger charge is 2.22. The summed E-state index contributed by atoms with van der Waals surface area (Å²) in [6.07, 6.45) is 1.32. The van der Waals surface area contributed by atoms with E-state index in [0.717, 1.165) is 6.42 Å². The van der Waals surface area contributed by atoms with Crippen LogP contribution >= 0.6 is 11.8 Å². The first-order chi connectivity index (χ1) is 4.33. The maximum absolute atomic E-state index is 10.4. The van der Waals surface area contributed by atoms with Crippen LogP contribution in [0.2, 0.25) is 0 Å². The van der Waals surface area contributed by atoms with E-state index >= 15 is 0 Å². The molecule has 0 aliphatic carbocycles. The molecule has 1 N–H and O–H groups in total. The SMILES string of the molecule is O=C1CC[C@H](CNCl)O1. The predicted octanol–water partition coefficient (Wildman–Crippen LogP) is 0.435. The van der Waals surface area contributed by atoms with E-state index in [1.165, 1.54) is 0 Å². The van der Waals surface area contributed by atoms with Crippen LogP contribution in [0.5, 0.6) is 0 Å². The van der Waals surface area contributed by atoms with E-state index in [-0.39, 0.29) is 12.1 Å². The quantitative estimate of drug-likeness (QED) is 0.457. The number of esters is 1. The predicted molar refractivity (Wildman–Crippen MR) is 33.0 cm³/mol. The van der Waals surface area contributed by atoms with Crippen LogP contribution < -0.4 is 4.84 Å². The summed E-state index contributed by atoms with van der Waals surface area (Å²) in [7, 11) is 0. The van der Waals surface area contributed by atoms with E-state index in [0.29, 0.717) is 13.0 Å². The summed E-state index contributed by atoms with van der Waals surface area (Å²) < 4.78 is 4.82. The first-order valence-electron chi connectivity index (χ1n) is 2.86. The van der Waals surface area contributed by atoms with Gasteiger partial charge in [0.15, 0.2) is 0 Å². The van der Waals surface area contributed by atoms with Crippen molar-refractivity contribution in [2.24, 2.45) is 0 Å². The molecule has 1 aliphatic rings. The number of carbonyl (C=O) groups is 1. The highest BCUT2D eigenvalue weighted by molar-refractivity contribution is 6.13. The second-order valence-electron chi connectivity index (χ2n) is 1.99. The molecule has 1 heterocycles. The molecule has 0 aromatic heterocycles. The molecule has 4 heteroatoms. The minimum Gasteiger partial charge on any atom is -0.461 e. The number of halogens is 1. The van der Waals surface area contributed by atoms with Crippen LogP contribution in [0, 0.1) is 0 Å². The van der Waals surface area contributed by atoms with Crippen LogP contribution in [-0.4, -0.2) is 18.6 Å². The second kappa shape index (κ2) is 3.03. The van der Waals surface area contributed by atoms with Crippen molar-refractivity contribution in [2.45, 2.75) is 18.9 Å². The molecule has 0 spiro atoms. The smallest absolute Gasteiger partial charge is 0.306 e. The fourth-order valence-corrected chi connectivity index (χ4v) is 0.984.